The molecule has 0 aromatic heterocycles. The molecule has 0 heterocycles. The summed E-state index contributed by atoms with van der Waals surface area (Å²) in [5, 5.41) is 18.2. The number of carbonyl (C=O) groups excluding carboxylic acids is 1. The number of aryl methyl sites for hydroxylation is 1. The second-order valence-electron chi connectivity index (χ2n) is 3.90. The maximum atomic E-state index is 11.2. The molecule has 6 heteroatoms. The summed E-state index contributed by atoms with van der Waals surface area (Å²) in [5.74, 6) is -1.58. The van der Waals surface area contributed by atoms with Crippen molar-refractivity contribution in [3.05, 3.63) is 33.8 Å². The number of carbonyl (C=O) groups is 2. The van der Waals surface area contributed by atoms with Crippen molar-refractivity contribution in [2.24, 2.45) is 0 Å². The van der Waals surface area contributed by atoms with E-state index in [-0.39, 0.29) is 18.0 Å². The molecule has 1 unspecified atom stereocenters. The van der Waals surface area contributed by atoms with Crippen molar-refractivity contribution in [1.82, 2.24) is 0 Å². The molecule has 0 aliphatic rings. The number of ether oxygens (including phenoxy) is 1. The molecule has 2 N–H and O–H groups in total. The lowest BCUT2D eigenvalue weighted by Gasteiger charge is -2.10. The zero-order valence-electron chi connectivity index (χ0n) is 10.4. The molecule has 0 spiro atoms. The SMILES string of the molecule is CCOC(=O)CCc1ccc(C(O)C(=O)O)c(Br)c1. The Morgan fingerprint density at radius 2 is 2.11 bits per heavy atom. The molecule has 1 rings (SSSR count). The molecule has 1 aromatic carbocycles. The van der Waals surface area contributed by atoms with Crippen LogP contribution in [0.3, 0.4) is 0 Å². The van der Waals surface area contributed by atoms with E-state index in [1.54, 1.807) is 19.1 Å². The van der Waals surface area contributed by atoms with Gasteiger partial charge in [-0.3, -0.25) is 4.79 Å². The number of aliphatic carboxylic acids is 1. The minimum absolute atomic E-state index is 0.265. The molecule has 1 atom stereocenters. The Hall–Kier alpha value is -1.40. The standard InChI is InChI=1S/C13H15BrO5/c1-2-19-11(15)6-4-8-3-5-9(10(14)7-8)12(16)13(17)18/h3,5,7,12,16H,2,4,6H2,1H3,(H,17,18). The average molecular weight is 331 g/mol. The number of aliphatic hydroxyl groups excluding tert-OH is 1. The first-order valence-electron chi connectivity index (χ1n) is 5.80. The Morgan fingerprint density at radius 1 is 1.42 bits per heavy atom. The van der Waals surface area contributed by atoms with Gasteiger partial charge in [0.15, 0.2) is 6.10 Å². The van der Waals surface area contributed by atoms with E-state index in [4.69, 9.17) is 9.84 Å². The highest BCUT2D eigenvalue weighted by Crippen LogP contribution is 2.25. The smallest absolute Gasteiger partial charge is 0.337 e. The fourth-order valence-electron chi connectivity index (χ4n) is 1.56. The lowest BCUT2D eigenvalue weighted by atomic mass is 10.0. The Bertz CT molecular complexity index is 472. The van der Waals surface area contributed by atoms with Crippen LogP contribution in [0, 0.1) is 0 Å². The van der Waals surface area contributed by atoms with Crippen LogP contribution >= 0.6 is 15.9 Å². The number of carboxylic acids is 1. The van der Waals surface area contributed by atoms with Gasteiger partial charge in [0, 0.05) is 16.5 Å². The van der Waals surface area contributed by atoms with Crippen LogP contribution in [0.2, 0.25) is 0 Å². The first-order valence-corrected chi connectivity index (χ1v) is 6.59. The third-order valence-electron chi connectivity index (χ3n) is 2.52. The summed E-state index contributed by atoms with van der Waals surface area (Å²) < 4.78 is 5.32. The van der Waals surface area contributed by atoms with E-state index < -0.39 is 12.1 Å². The Balaban J connectivity index is 2.72. The molecule has 1 aromatic rings. The van der Waals surface area contributed by atoms with Crippen molar-refractivity contribution in [3.63, 3.8) is 0 Å². The van der Waals surface area contributed by atoms with Crippen molar-refractivity contribution < 1.29 is 24.5 Å². The number of aliphatic hydroxyl groups is 1. The molecule has 0 saturated carbocycles. The van der Waals surface area contributed by atoms with Gasteiger partial charge in [0.1, 0.15) is 0 Å². The van der Waals surface area contributed by atoms with Crippen LogP contribution in [-0.4, -0.2) is 28.8 Å². The minimum atomic E-state index is -1.56. The molecule has 0 amide bonds. The number of carboxylic acid groups (broad SMARTS) is 1. The van der Waals surface area contributed by atoms with Crippen LogP contribution in [-0.2, 0) is 20.7 Å². The number of benzene rings is 1. The summed E-state index contributed by atoms with van der Waals surface area (Å²) in [6.07, 6.45) is -0.796. The van der Waals surface area contributed by atoms with Crippen molar-refractivity contribution in [2.45, 2.75) is 25.9 Å². The molecule has 0 aliphatic heterocycles. The van der Waals surface area contributed by atoms with E-state index >= 15 is 0 Å². The van der Waals surface area contributed by atoms with Crippen LogP contribution < -0.4 is 0 Å². The van der Waals surface area contributed by atoms with Gasteiger partial charge in [-0.25, -0.2) is 4.79 Å². The molecular formula is C13H15BrO5. The molecular weight excluding hydrogens is 316 g/mol. The predicted octanol–water partition coefficient (Wildman–Crippen LogP) is 2.06. The Kier molecular flexibility index (Phi) is 5.98. The first-order chi connectivity index (χ1) is 8.95. The van der Waals surface area contributed by atoms with E-state index in [1.807, 2.05) is 0 Å². The lowest BCUT2D eigenvalue weighted by molar-refractivity contribution is -0.147. The number of hydrogen-bond acceptors (Lipinski definition) is 4. The van der Waals surface area contributed by atoms with Crippen LogP contribution in [0.1, 0.15) is 30.6 Å². The van der Waals surface area contributed by atoms with Crippen LogP contribution in [0.25, 0.3) is 0 Å². The third-order valence-corrected chi connectivity index (χ3v) is 3.20. The van der Waals surface area contributed by atoms with Gasteiger partial charge in [-0.1, -0.05) is 28.1 Å². The topological polar surface area (TPSA) is 83.8 Å². The van der Waals surface area contributed by atoms with Crippen molar-refractivity contribution in [2.75, 3.05) is 6.61 Å². The second-order valence-corrected chi connectivity index (χ2v) is 4.76. The van der Waals surface area contributed by atoms with Crippen molar-refractivity contribution >= 4 is 27.9 Å². The minimum Gasteiger partial charge on any atom is -0.479 e. The molecule has 0 radical (unpaired) electrons. The van der Waals surface area contributed by atoms with Gasteiger partial charge in [0.25, 0.3) is 0 Å². The van der Waals surface area contributed by atoms with E-state index in [9.17, 15) is 14.7 Å². The average Bonchev–Trinajstić information content (AvgIpc) is 2.36. The fourth-order valence-corrected chi connectivity index (χ4v) is 2.20. The molecule has 0 bridgehead atoms. The van der Waals surface area contributed by atoms with Gasteiger partial charge >= 0.3 is 11.9 Å². The number of halogens is 1. The fraction of sp³-hybridized carbons (Fsp3) is 0.385. The zero-order valence-corrected chi connectivity index (χ0v) is 12.0. The van der Waals surface area contributed by atoms with Gasteiger partial charge in [-0.2, -0.15) is 0 Å². The predicted molar refractivity (Wildman–Crippen MR) is 71.7 cm³/mol. The highest BCUT2D eigenvalue weighted by Gasteiger charge is 2.18. The summed E-state index contributed by atoms with van der Waals surface area (Å²) in [7, 11) is 0. The maximum absolute atomic E-state index is 11.2. The Morgan fingerprint density at radius 3 is 2.63 bits per heavy atom. The van der Waals surface area contributed by atoms with Gasteiger partial charge in [-0.05, 0) is 25.0 Å². The summed E-state index contributed by atoms with van der Waals surface area (Å²) in [5.41, 5.74) is 1.15. The molecule has 0 saturated heterocycles. The number of hydrogen-bond donors (Lipinski definition) is 2. The summed E-state index contributed by atoms with van der Waals surface area (Å²) in [4.78, 5) is 21.9. The highest BCUT2D eigenvalue weighted by molar-refractivity contribution is 9.10. The van der Waals surface area contributed by atoms with Gasteiger partial charge < -0.3 is 14.9 Å². The van der Waals surface area contributed by atoms with Crippen LogP contribution in [0.4, 0.5) is 0 Å². The summed E-state index contributed by atoms with van der Waals surface area (Å²) in [6, 6.07) is 4.91. The Labute approximate surface area is 119 Å². The van der Waals surface area contributed by atoms with E-state index in [0.717, 1.165) is 5.56 Å². The van der Waals surface area contributed by atoms with Gasteiger partial charge in [0.05, 0.1) is 6.61 Å². The normalized spacial score (nSPS) is 11.9. The lowest BCUT2D eigenvalue weighted by Crippen LogP contribution is -2.11. The number of rotatable bonds is 6. The zero-order chi connectivity index (χ0) is 14.4. The first kappa shape index (κ1) is 15.7. The van der Waals surface area contributed by atoms with Crippen molar-refractivity contribution in [1.29, 1.82) is 0 Å². The summed E-state index contributed by atoms with van der Waals surface area (Å²) >= 11 is 3.21. The molecule has 5 nitrogen and oxygen atoms in total. The largest absolute Gasteiger partial charge is 0.479 e. The monoisotopic (exact) mass is 330 g/mol. The van der Waals surface area contributed by atoms with E-state index in [1.165, 1.54) is 6.07 Å². The van der Waals surface area contributed by atoms with Crippen LogP contribution in [0.15, 0.2) is 22.7 Å². The molecule has 0 fully saturated rings. The molecule has 0 aliphatic carbocycles. The second kappa shape index (κ2) is 7.25. The third kappa shape index (κ3) is 4.65. The van der Waals surface area contributed by atoms with Gasteiger partial charge in [-0.15, -0.1) is 0 Å². The molecule has 19 heavy (non-hydrogen) atoms. The highest BCUT2D eigenvalue weighted by atomic mass is 79.9. The van der Waals surface area contributed by atoms with Gasteiger partial charge in [0.2, 0.25) is 0 Å². The quantitative estimate of drug-likeness (QED) is 0.780. The summed E-state index contributed by atoms with van der Waals surface area (Å²) in [6.45, 7) is 2.10. The van der Waals surface area contributed by atoms with E-state index in [0.29, 0.717) is 17.5 Å². The number of esters is 1. The van der Waals surface area contributed by atoms with Crippen molar-refractivity contribution in [3.8, 4) is 0 Å². The maximum Gasteiger partial charge on any atom is 0.337 e. The van der Waals surface area contributed by atoms with E-state index in [2.05, 4.69) is 15.9 Å². The molecule has 104 valence electrons. The van der Waals surface area contributed by atoms with Crippen LogP contribution in [0.5, 0.6) is 0 Å².